The van der Waals surface area contributed by atoms with Crippen molar-refractivity contribution in [1.82, 2.24) is 15.2 Å². The van der Waals surface area contributed by atoms with Gasteiger partial charge in [-0.05, 0) is 19.1 Å². The molecule has 1 aromatic heterocycles. The fraction of sp³-hybridized carbons (Fsp3) is 0.462. The monoisotopic (exact) mass is 265 g/mol. The van der Waals surface area contributed by atoms with Crippen LogP contribution in [0.1, 0.15) is 19.5 Å². The summed E-state index contributed by atoms with van der Waals surface area (Å²) in [6, 6.07) is 5.24. The zero-order valence-corrected chi connectivity index (χ0v) is 11.2. The summed E-state index contributed by atoms with van der Waals surface area (Å²) < 4.78 is 0. The Bertz CT molecular complexity index is 422. The first-order chi connectivity index (χ1) is 9.04. The van der Waals surface area contributed by atoms with Crippen molar-refractivity contribution >= 4 is 12.0 Å². The Hall–Kier alpha value is -2.11. The third-order valence-corrected chi connectivity index (χ3v) is 2.73. The first-order valence-corrected chi connectivity index (χ1v) is 6.20. The van der Waals surface area contributed by atoms with Crippen molar-refractivity contribution in [1.29, 1.82) is 0 Å². The fourth-order valence-electron chi connectivity index (χ4n) is 1.45. The molecule has 1 heterocycles. The van der Waals surface area contributed by atoms with Crippen molar-refractivity contribution in [3.63, 3.8) is 0 Å². The number of hydrogen-bond acceptors (Lipinski definition) is 3. The number of amides is 2. The first kappa shape index (κ1) is 14.9. The van der Waals surface area contributed by atoms with E-state index in [0.717, 1.165) is 5.69 Å². The molecule has 19 heavy (non-hydrogen) atoms. The van der Waals surface area contributed by atoms with E-state index in [2.05, 4.69) is 10.3 Å². The lowest BCUT2D eigenvalue weighted by Gasteiger charge is -2.21. The van der Waals surface area contributed by atoms with E-state index in [9.17, 15) is 9.59 Å². The second kappa shape index (κ2) is 7.35. The second-order valence-corrected chi connectivity index (χ2v) is 4.26. The van der Waals surface area contributed by atoms with Gasteiger partial charge < -0.3 is 15.3 Å². The van der Waals surface area contributed by atoms with E-state index in [1.54, 1.807) is 18.0 Å². The van der Waals surface area contributed by atoms with E-state index in [1.807, 2.05) is 25.1 Å². The third-order valence-electron chi connectivity index (χ3n) is 2.73. The molecule has 1 unspecified atom stereocenters. The summed E-state index contributed by atoms with van der Waals surface area (Å²) in [5.74, 6) is -1.52. The lowest BCUT2D eigenvalue weighted by molar-refractivity contribution is -0.140. The van der Waals surface area contributed by atoms with Gasteiger partial charge in [-0.15, -0.1) is 0 Å². The third kappa shape index (κ3) is 4.95. The van der Waals surface area contributed by atoms with Gasteiger partial charge in [0.2, 0.25) is 0 Å². The maximum atomic E-state index is 11.9. The predicted octanol–water partition coefficient (Wildman–Crippen LogP) is 1.33. The molecule has 0 bridgehead atoms. The Labute approximate surface area is 112 Å². The number of aliphatic carboxylic acids is 1. The Morgan fingerprint density at radius 1 is 1.47 bits per heavy atom. The molecule has 0 spiro atoms. The highest BCUT2D eigenvalue weighted by atomic mass is 16.4. The molecular weight excluding hydrogens is 246 g/mol. The van der Waals surface area contributed by atoms with Crippen molar-refractivity contribution < 1.29 is 14.7 Å². The normalized spacial score (nSPS) is 11.7. The molecule has 1 rings (SSSR count). The van der Waals surface area contributed by atoms with Crippen LogP contribution in [0.15, 0.2) is 24.4 Å². The topological polar surface area (TPSA) is 82.5 Å². The molecule has 0 aliphatic carbocycles. The highest BCUT2D eigenvalue weighted by molar-refractivity contribution is 5.75. The summed E-state index contributed by atoms with van der Waals surface area (Å²) in [6.07, 6.45) is 1.67. The average Bonchev–Trinajstić information content (AvgIpc) is 2.42. The minimum Gasteiger partial charge on any atom is -0.481 e. The van der Waals surface area contributed by atoms with Gasteiger partial charge in [0, 0.05) is 19.3 Å². The number of hydrogen-bond donors (Lipinski definition) is 2. The number of aromatic nitrogens is 1. The van der Waals surface area contributed by atoms with Crippen LogP contribution < -0.4 is 5.32 Å². The van der Waals surface area contributed by atoms with E-state index in [0.29, 0.717) is 13.1 Å². The summed E-state index contributed by atoms with van der Waals surface area (Å²) in [4.78, 5) is 28.3. The van der Waals surface area contributed by atoms with Crippen LogP contribution in [0, 0.1) is 5.92 Å². The minimum absolute atomic E-state index is 0.118. The van der Waals surface area contributed by atoms with Gasteiger partial charge in [-0.2, -0.15) is 0 Å². The highest BCUT2D eigenvalue weighted by Gasteiger charge is 2.16. The molecule has 6 nitrogen and oxygen atoms in total. The molecule has 1 aromatic rings. The first-order valence-electron chi connectivity index (χ1n) is 6.20. The molecule has 0 saturated heterocycles. The number of rotatable bonds is 6. The zero-order chi connectivity index (χ0) is 14.3. The Kier molecular flexibility index (Phi) is 5.78. The van der Waals surface area contributed by atoms with Crippen LogP contribution in [0.5, 0.6) is 0 Å². The maximum absolute atomic E-state index is 11.9. The largest absolute Gasteiger partial charge is 0.481 e. The van der Waals surface area contributed by atoms with Crippen LogP contribution in [0.2, 0.25) is 0 Å². The molecule has 2 N–H and O–H groups in total. The summed E-state index contributed by atoms with van der Waals surface area (Å²) >= 11 is 0. The standard InChI is InChI=1S/C13H19N3O3/c1-3-16(9-11-6-4-5-7-14-11)13(19)15-8-10(2)12(17)18/h4-7,10H,3,8-9H2,1-2H3,(H,15,19)(H,17,18). The maximum Gasteiger partial charge on any atom is 0.317 e. The number of carbonyl (C=O) groups is 2. The van der Waals surface area contributed by atoms with Gasteiger partial charge >= 0.3 is 12.0 Å². The summed E-state index contributed by atoms with van der Waals surface area (Å²) in [5.41, 5.74) is 0.797. The molecule has 0 saturated carbocycles. The quantitative estimate of drug-likeness (QED) is 0.813. The Morgan fingerprint density at radius 3 is 2.74 bits per heavy atom. The zero-order valence-electron chi connectivity index (χ0n) is 11.2. The molecular formula is C13H19N3O3. The highest BCUT2D eigenvalue weighted by Crippen LogP contribution is 2.01. The molecule has 0 aliphatic rings. The van der Waals surface area contributed by atoms with E-state index in [4.69, 9.17) is 5.11 Å². The van der Waals surface area contributed by atoms with Crippen molar-refractivity contribution in [3.8, 4) is 0 Å². The minimum atomic E-state index is -0.923. The number of carbonyl (C=O) groups excluding carboxylic acids is 1. The lowest BCUT2D eigenvalue weighted by Crippen LogP contribution is -2.42. The van der Waals surface area contributed by atoms with Crippen molar-refractivity contribution in [2.75, 3.05) is 13.1 Å². The lowest BCUT2D eigenvalue weighted by atomic mass is 10.2. The molecule has 0 aromatic carbocycles. The van der Waals surface area contributed by atoms with E-state index >= 15 is 0 Å². The van der Waals surface area contributed by atoms with Gasteiger partial charge in [0.25, 0.3) is 0 Å². The van der Waals surface area contributed by atoms with Crippen molar-refractivity contribution in [2.24, 2.45) is 5.92 Å². The number of carboxylic acid groups (broad SMARTS) is 1. The van der Waals surface area contributed by atoms with Gasteiger partial charge in [0.1, 0.15) is 0 Å². The van der Waals surface area contributed by atoms with Crippen LogP contribution >= 0.6 is 0 Å². The van der Waals surface area contributed by atoms with E-state index in [-0.39, 0.29) is 12.6 Å². The average molecular weight is 265 g/mol. The Balaban J connectivity index is 2.50. The Morgan fingerprint density at radius 2 is 2.21 bits per heavy atom. The number of urea groups is 1. The van der Waals surface area contributed by atoms with Crippen LogP contribution in [-0.4, -0.2) is 40.1 Å². The number of nitrogens with one attached hydrogen (secondary N) is 1. The van der Waals surface area contributed by atoms with Gasteiger partial charge in [-0.25, -0.2) is 4.79 Å². The molecule has 0 aliphatic heterocycles. The van der Waals surface area contributed by atoms with Crippen LogP contribution in [0.4, 0.5) is 4.79 Å². The van der Waals surface area contributed by atoms with E-state index < -0.39 is 11.9 Å². The molecule has 0 fully saturated rings. The number of pyridine rings is 1. The van der Waals surface area contributed by atoms with Crippen molar-refractivity contribution in [3.05, 3.63) is 30.1 Å². The number of nitrogens with zero attached hydrogens (tertiary/aromatic N) is 2. The van der Waals surface area contributed by atoms with Gasteiger partial charge in [-0.3, -0.25) is 9.78 Å². The van der Waals surface area contributed by atoms with Gasteiger partial charge in [0.05, 0.1) is 18.2 Å². The van der Waals surface area contributed by atoms with Crippen LogP contribution in [0.25, 0.3) is 0 Å². The molecule has 1 atom stereocenters. The van der Waals surface area contributed by atoms with Crippen molar-refractivity contribution in [2.45, 2.75) is 20.4 Å². The summed E-state index contributed by atoms with van der Waals surface area (Å²) in [7, 11) is 0. The molecule has 104 valence electrons. The second-order valence-electron chi connectivity index (χ2n) is 4.26. The van der Waals surface area contributed by atoms with Gasteiger partial charge in [0.15, 0.2) is 0 Å². The summed E-state index contributed by atoms with van der Waals surface area (Å²) in [6.45, 7) is 4.47. The van der Waals surface area contributed by atoms with Crippen LogP contribution in [0.3, 0.4) is 0 Å². The SMILES string of the molecule is CCN(Cc1ccccn1)C(=O)NCC(C)C(=O)O. The molecule has 0 radical (unpaired) electrons. The molecule has 2 amide bonds. The van der Waals surface area contributed by atoms with E-state index in [1.165, 1.54) is 0 Å². The predicted molar refractivity (Wildman–Crippen MR) is 70.5 cm³/mol. The summed E-state index contributed by atoms with van der Waals surface area (Å²) in [5, 5.41) is 11.4. The smallest absolute Gasteiger partial charge is 0.317 e. The molecule has 6 heteroatoms. The van der Waals surface area contributed by atoms with Gasteiger partial charge in [-0.1, -0.05) is 13.0 Å². The fourth-order valence-corrected chi connectivity index (χ4v) is 1.45. The number of carboxylic acids is 1. The van der Waals surface area contributed by atoms with Crippen LogP contribution in [-0.2, 0) is 11.3 Å².